The van der Waals surface area contributed by atoms with Crippen molar-refractivity contribution in [1.29, 1.82) is 0 Å². The molecule has 1 unspecified atom stereocenters. The molecule has 19 heavy (non-hydrogen) atoms. The minimum absolute atomic E-state index is 0.0422. The van der Waals surface area contributed by atoms with E-state index in [9.17, 15) is 9.18 Å². The Morgan fingerprint density at radius 2 is 1.84 bits per heavy atom. The lowest BCUT2D eigenvalue weighted by molar-refractivity contribution is -0.139. The number of carbonyl (C=O) groups is 1. The van der Waals surface area contributed by atoms with E-state index in [4.69, 9.17) is 5.11 Å². The van der Waals surface area contributed by atoms with Crippen LogP contribution in [0.25, 0.3) is 0 Å². The first kappa shape index (κ1) is 15.6. The summed E-state index contributed by atoms with van der Waals surface area (Å²) in [6.07, 6.45) is 0.722. The maximum atomic E-state index is 12.8. The second-order valence-electron chi connectivity index (χ2n) is 5.40. The van der Waals surface area contributed by atoms with E-state index in [2.05, 4.69) is 13.8 Å². The molecule has 4 heteroatoms. The van der Waals surface area contributed by atoms with Crippen LogP contribution in [0.15, 0.2) is 24.3 Å². The van der Waals surface area contributed by atoms with Gasteiger partial charge in [0.25, 0.3) is 0 Å². The lowest BCUT2D eigenvalue weighted by atomic mass is 10.0. The van der Waals surface area contributed by atoms with Gasteiger partial charge in [0.05, 0.1) is 6.54 Å². The van der Waals surface area contributed by atoms with Crippen molar-refractivity contribution < 1.29 is 14.3 Å². The molecule has 3 nitrogen and oxygen atoms in total. The fourth-order valence-electron chi connectivity index (χ4n) is 2.13. The van der Waals surface area contributed by atoms with Gasteiger partial charge in [-0.05, 0) is 37.0 Å². The van der Waals surface area contributed by atoms with Crippen molar-refractivity contribution in [2.24, 2.45) is 5.92 Å². The van der Waals surface area contributed by atoms with E-state index in [1.165, 1.54) is 12.1 Å². The molecule has 0 fully saturated rings. The summed E-state index contributed by atoms with van der Waals surface area (Å²) in [4.78, 5) is 12.9. The van der Waals surface area contributed by atoms with Gasteiger partial charge in [0.2, 0.25) is 0 Å². The summed E-state index contributed by atoms with van der Waals surface area (Å²) in [6.45, 7) is 6.93. The number of rotatable bonds is 7. The van der Waals surface area contributed by atoms with E-state index in [1.807, 2.05) is 11.8 Å². The van der Waals surface area contributed by atoms with Crippen LogP contribution in [-0.4, -0.2) is 35.1 Å². The average Bonchev–Trinajstić information content (AvgIpc) is 2.30. The van der Waals surface area contributed by atoms with Gasteiger partial charge in [-0.25, -0.2) is 4.39 Å². The Kier molecular flexibility index (Phi) is 5.96. The van der Waals surface area contributed by atoms with Gasteiger partial charge >= 0.3 is 5.97 Å². The fraction of sp³-hybridized carbons (Fsp3) is 0.533. The Labute approximate surface area is 114 Å². The van der Waals surface area contributed by atoms with Gasteiger partial charge in [-0.2, -0.15) is 0 Å². The van der Waals surface area contributed by atoms with Crippen molar-refractivity contribution in [3.05, 3.63) is 35.6 Å². The van der Waals surface area contributed by atoms with Crippen LogP contribution in [-0.2, 0) is 11.2 Å². The first-order valence-electron chi connectivity index (χ1n) is 6.58. The lowest BCUT2D eigenvalue weighted by Crippen LogP contribution is -2.40. The van der Waals surface area contributed by atoms with Gasteiger partial charge in [0.1, 0.15) is 5.82 Å². The highest BCUT2D eigenvalue weighted by molar-refractivity contribution is 5.69. The molecule has 1 aromatic carbocycles. The molecule has 0 amide bonds. The van der Waals surface area contributed by atoms with Gasteiger partial charge in [-0.3, -0.25) is 9.69 Å². The molecule has 0 spiro atoms. The third-order valence-electron chi connectivity index (χ3n) is 3.01. The zero-order chi connectivity index (χ0) is 14.4. The number of hydrogen-bond acceptors (Lipinski definition) is 2. The maximum absolute atomic E-state index is 12.8. The van der Waals surface area contributed by atoms with E-state index < -0.39 is 5.97 Å². The first-order valence-corrected chi connectivity index (χ1v) is 6.58. The Morgan fingerprint density at radius 1 is 1.26 bits per heavy atom. The summed E-state index contributed by atoms with van der Waals surface area (Å²) in [5.74, 6) is -0.650. The fourth-order valence-corrected chi connectivity index (χ4v) is 2.13. The zero-order valence-corrected chi connectivity index (χ0v) is 11.8. The van der Waals surface area contributed by atoms with Crippen LogP contribution in [0.3, 0.4) is 0 Å². The SMILES string of the molecule is CC(C)CN(CC(=O)O)C(C)Cc1ccc(F)cc1. The topological polar surface area (TPSA) is 40.5 Å². The molecule has 0 saturated heterocycles. The molecule has 0 heterocycles. The van der Waals surface area contributed by atoms with Gasteiger partial charge < -0.3 is 5.11 Å². The van der Waals surface area contributed by atoms with Crippen molar-refractivity contribution in [3.63, 3.8) is 0 Å². The number of hydrogen-bond donors (Lipinski definition) is 1. The molecule has 1 rings (SSSR count). The van der Waals surface area contributed by atoms with Crippen LogP contribution in [0.5, 0.6) is 0 Å². The van der Waals surface area contributed by atoms with Gasteiger partial charge in [0, 0.05) is 12.6 Å². The molecular weight excluding hydrogens is 245 g/mol. The number of halogens is 1. The highest BCUT2D eigenvalue weighted by Crippen LogP contribution is 2.11. The van der Waals surface area contributed by atoms with Crippen molar-refractivity contribution in [3.8, 4) is 0 Å². The van der Waals surface area contributed by atoms with Crippen LogP contribution < -0.4 is 0 Å². The zero-order valence-electron chi connectivity index (χ0n) is 11.8. The summed E-state index contributed by atoms with van der Waals surface area (Å²) >= 11 is 0. The molecular formula is C15H22FNO2. The monoisotopic (exact) mass is 267 g/mol. The van der Waals surface area contributed by atoms with Crippen LogP contribution in [0.4, 0.5) is 4.39 Å². The van der Waals surface area contributed by atoms with Crippen LogP contribution >= 0.6 is 0 Å². The van der Waals surface area contributed by atoms with E-state index in [0.29, 0.717) is 5.92 Å². The normalized spacial score (nSPS) is 12.9. The summed E-state index contributed by atoms with van der Waals surface area (Å²) in [6, 6.07) is 6.49. The number of carboxylic acid groups (broad SMARTS) is 1. The molecule has 0 aliphatic carbocycles. The van der Waals surface area contributed by atoms with E-state index >= 15 is 0 Å². The molecule has 1 atom stereocenters. The second-order valence-corrected chi connectivity index (χ2v) is 5.40. The molecule has 1 aromatic rings. The summed E-state index contributed by atoms with van der Waals surface area (Å²) in [7, 11) is 0. The lowest BCUT2D eigenvalue weighted by Gasteiger charge is -2.29. The van der Waals surface area contributed by atoms with Crippen molar-refractivity contribution in [2.75, 3.05) is 13.1 Å². The maximum Gasteiger partial charge on any atom is 0.317 e. The minimum Gasteiger partial charge on any atom is -0.480 e. The molecule has 0 aromatic heterocycles. The summed E-state index contributed by atoms with van der Waals surface area (Å²) < 4.78 is 12.8. The predicted octanol–water partition coefficient (Wildman–Crippen LogP) is 2.80. The van der Waals surface area contributed by atoms with Gasteiger partial charge in [-0.15, -0.1) is 0 Å². The smallest absolute Gasteiger partial charge is 0.317 e. The minimum atomic E-state index is -0.813. The van der Waals surface area contributed by atoms with E-state index in [-0.39, 0.29) is 18.4 Å². The summed E-state index contributed by atoms with van der Waals surface area (Å²) in [5, 5.41) is 8.96. The molecule has 0 radical (unpaired) electrons. The number of carboxylic acids is 1. The van der Waals surface area contributed by atoms with Crippen molar-refractivity contribution in [1.82, 2.24) is 4.90 Å². The third-order valence-corrected chi connectivity index (χ3v) is 3.01. The molecule has 106 valence electrons. The largest absolute Gasteiger partial charge is 0.480 e. The van der Waals surface area contributed by atoms with Gasteiger partial charge in [-0.1, -0.05) is 26.0 Å². The van der Waals surface area contributed by atoms with E-state index in [1.54, 1.807) is 12.1 Å². The van der Waals surface area contributed by atoms with Crippen LogP contribution in [0.2, 0.25) is 0 Å². The molecule has 1 N–H and O–H groups in total. The molecule has 0 saturated carbocycles. The van der Waals surface area contributed by atoms with Crippen molar-refractivity contribution in [2.45, 2.75) is 33.2 Å². The third kappa shape index (κ3) is 5.83. The summed E-state index contributed by atoms with van der Waals surface area (Å²) in [5.41, 5.74) is 1.02. The van der Waals surface area contributed by atoms with Crippen LogP contribution in [0.1, 0.15) is 26.3 Å². The standard InChI is InChI=1S/C15H22FNO2/c1-11(2)9-17(10-15(18)19)12(3)8-13-4-6-14(16)7-5-13/h4-7,11-12H,8-10H2,1-3H3,(H,18,19). The highest BCUT2D eigenvalue weighted by atomic mass is 19.1. The average molecular weight is 267 g/mol. The first-order chi connectivity index (χ1) is 8.88. The predicted molar refractivity (Wildman–Crippen MR) is 73.6 cm³/mol. The highest BCUT2D eigenvalue weighted by Gasteiger charge is 2.18. The van der Waals surface area contributed by atoms with E-state index in [0.717, 1.165) is 18.5 Å². The number of nitrogens with zero attached hydrogens (tertiary/aromatic N) is 1. The van der Waals surface area contributed by atoms with Crippen LogP contribution in [0, 0.1) is 11.7 Å². The Morgan fingerprint density at radius 3 is 2.32 bits per heavy atom. The quantitative estimate of drug-likeness (QED) is 0.826. The Balaban J connectivity index is 2.67. The Bertz CT molecular complexity index is 403. The Hall–Kier alpha value is -1.42. The number of benzene rings is 1. The molecule has 0 bridgehead atoms. The van der Waals surface area contributed by atoms with Gasteiger partial charge in [0.15, 0.2) is 0 Å². The second kappa shape index (κ2) is 7.24. The van der Waals surface area contributed by atoms with Crippen molar-refractivity contribution >= 4 is 5.97 Å². The number of aliphatic carboxylic acids is 1. The molecule has 0 aliphatic heterocycles. The molecule has 0 aliphatic rings.